The SMILES string of the molecule is O=C(O)c1cn2cc(Br)cc(Br)c2n1. The second kappa shape index (κ2) is 3.36. The van der Waals surface area contributed by atoms with E-state index in [1.165, 1.54) is 6.20 Å². The Morgan fingerprint density at radius 3 is 2.79 bits per heavy atom. The Morgan fingerprint density at radius 1 is 1.43 bits per heavy atom. The molecule has 0 fully saturated rings. The monoisotopic (exact) mass is 318 g/mol. The summed E-state index contributed by atoms with van der Waals surface area (Å²) >= 11 is 6.61. The predicted octanol–water partition coefficient (Wildman–Crippen LogP) is 2.56. The van der Waals surface area contributed by atoms with Gasteiger partial charge in [-0.3, -0.25) is 0 Å². The maximum absolute atomic E-state index is 10.7. The molecule has 14 heavy (non-hydrogen) atoms. The van der Waals surface area contributed by atoms with E-state index in [0.717, 1.165) is 8.95 Å². The van der Waals surface area contributed by atoms with Gasteiger partial charge < -0.3 is 9.51 Å². The molecule has 0 spiro atoms. The van der Waals surface area contributed by atoms with Crippen LogP contribution in [0.2, 0.25) is 0 Å². The molecule has 2 rings (SSSR count). The lowest BCUT2D eigenvalue weighted by Gasteiger charge is -1.96. The van der Waals surface area contributed by atoms with Gasteiger partial charge in [-0.25, -0.2) is 9.78 Å². The van der Waals surface area contributed by atoms with Crippen LogP contribution in [0.3, 0.4) is 0 Å². The summed E-state index contributed by atoms with van der Waals surface area (Å²) in [5.41, 5.74) is 0.620. The number of hydrogen-bond acceptors (Lipinski definition) is 2. The fourth-order valence-corrected chi connectivity index (χ4v) is 2.42. The second-order valence-electron chi connectivity index (χ2n) is 2.67. The fraction of sp³-hybridized carbons (Fsp3) is 0. The topological polar surface area (TPSA) is 54.6 Å². The fourth-order valence-electron chi connectivity index (χ4n) is 1.13. The standard InChI is InChI=1S/C8H4Br2N2O2/c9-4-1-5(10)7-11-6(8(13)14)3-12(7)2-4/h1-3H,(H,13,14). The van der Waals surface area contributed by atoms with E-state index < -0.39 is 5.97 Å². The van der Waals surface area contributed by atoms with Gasteiger partial charge in [-0.1, -0.05) is 0 Å². The molecular formula is C8H4Br2N2O2. The van der Waals surface area contributed by atoms with Crippen molar-refractivity contribution in [1.82, 2.24) is 9.38 Å². The molecule has 2 aromatic rings. The van der Waals surface area contributed by atoms with Crippen molar-refractivity contribution in [3.8, 4) is 0 Å². The number of aromatic nitrogens is 2. The van der Waals surface area contributed by atoms with Crippen molar-refractivity contribution >= 4 is 43.5 Å². The van der Waals surface area contributed by atoms with E-state index in [4.69, 9.17) is 5.11 Å². The number of pyridine rings is 1. The minimum Gasteiger partial charge on any atom is -0.476 e. The van der Waals surface area contributed by atoms with E-state index in [1.807, 2.05) is 6.07 Å². The molecule has 0 unspecified atom stereocenters. The maximum Gasteiger partial charge on any atom is 0.356 e. The third kappa shape index (κ3) is 1.55. The van der Waals surface area contributed by atoms with E-state index >= 15 is 0 Å². The van der Waals surface area contributed by atoms with Crippen LogP contribution in [-0.2, 0) is 0 Å². The molecule has 0 aliphatic rings. The lowest BCUT2D eigenvalue weighted by atomic mass is 10.5. The minimum absolute atomic E-state index is 0.0313. The number of rotatable bonds is 1. The first kappa shape index (κ1) is 9.67. The Labute approximate surface area is 95.8 Å². The predicted molar refractivity (Wildman–Crippen MR) is 57.6 cm³/mol. The van der Waals surface area contributed by atoms with Gasteiger partial charge >= 0.3 is 5.97 Å². The van der Waals surface area contributed by atoms with Crippen molar-refractivity contribution in [3.05, 3.63) is 33.1 Å². The molecule has 0 radical (unpaired) electrons. The zero-order chi connectivity index (χ0) is 10.3. The van der Waals surface area contributed by atoms with Crippen molar-refractivity contribution in [2.75, 3.05) is 0 Å². The Kier molecular flexibility index (Phi) is 2.32. The number of carboxylic acid groups (broad SMARTS) is 1. The van der Waals surface area contributed by atoms with E-state index in [-0.39, 0.29) is 5.69 Å². The van der Waals surface area contributed by atoms with Crippen molar-refractivity contribution in [1.29, 1.82) is 0 Å². The first-order valence-electron chi connectivity index (χ1n) is 3.65. The van der Waals surface area contributed by atoms with E-state index in [0.29, 0.717) is 5.65 Å². The summed E-state index contributed by atoms with van der Waals surface area (Å²) in [4.78, 5) is 14.6. The van der Waals surface area contributed by atoms with E-state index in [9.17, 15) is 4.79 Å². The van der Waals surface area contributed by atoms with Gasteiger partial charge in [0, 0.05) is 16.9 Å². The quantitative estimate of drug-likeness (QED) is 0.879. The Morgan fingerprint density at radius 2 is 2.14 bits per heavy atom. The zero-order valence-electron chi connectivity index (χ0n) is 6.74. The number of fused-ring (bicyclic) bond motifs is 1. The van der Waals surface area contributed by atoms with Crippen molar-refractivity contribution in [2.24, 2.45) is 0 Å². The molecular weight excluding hydrogens is 316 g/mol. The van der Waals surface area contributed by atoms with Crippen LogP contribution in [-0.4, -0.2) is 20.5 Å². The van der Waals surface area contributed by atoms with Crippen molar-refractivity contribution < 1.29 is 9.90 Å². The summed E-state index contributed by atoms with van der Waals surface area (Å²) in [7, 11) is 0. The Bertz CT molecular complexity index is 521. The summed E-state index contributed by atoms with van der Waals surface area (Å²) in [6, 6.07) is 1.81. The van der Waals surface area contributed by atoms with Gasteiger partial charge in [0.1, 0.15) is 0 Å². The molecule has 0 aromatic carbocycles. The molecule has 0 amide bonds. The van der Waals surface area contributed by atoms with Gasteiger partial charge in [-0.2, -0.15) is 0 Å². The Balaban J connectivity index is 2.76. The molecule has 2 heterocycles. The van der Waals surface area contributed by atoms with Crippen LogP contribution in [0.1, 0.15) is 10.5 Å². The Hall–Kier alpha value is -0.880. The normalized spacial score (nSPS) is 10.7. The summed E-state index contributed by atoms with van der Waals surface area (Å²) < 4.78 is 3.25. The molecule has 2 aromatic heterocycles. The first-order chi connectivity index (χ1) is 6.58. The molecule has 1 N–H and O–H groups in total. The highest BCUT2D eigenvalue weighted by Crippen LogP contribution is 2.22. The molecule has 0 atom stereocenters. The number of aromatic carboxylic acids is 1. The lowest BCUT2D eigenvalue weighted by Crippen LogP contribution is -1.94. The first-order valence-corrected chi connectivity index (χ1v) is 5.23. The molecule has 0 aliphatic carbocycles. The van der Waals surface area contributed by atoms with Gasteiger partial charge in [-0.05, 0) is 37.9 Å². The molecule has 0 bridgehead atoms. The summed E-state index contributed by atoms with van der Waals surface area (Å²) in [6.45, 7) is 0. The lowest BCUT2D eigenvalue weighted by molar-refractivity contribution is 0.0691. The van der Waals surface area contributed by atoms with Gasteiger partial charge in [0.15, 0.2) is 11.3 Å². The second-order valence-corrected chi connectivity index (χ2v) is 4.44. The number of hydrogen-bond donors (Lipinski definition) is 1. The molecule has 72 valence electrons. The number of carbonyl (C=O) groups is 1. The highest BCUT2D eigenvalue weighted by molar-refractivity contribution is 9.11. The highest BCUT2D eigenvalue weighted by Gasteiger charge is 2.10. The largest absolute Gasteiger partial charge is 0.476 e. The molecule has 0 aliphatic heterocycles. The van der Waals surface area contributed by atoms with Crippen LogP contribution >= 0.6 is 31.9 Å². The van der Waals surface area contributed by atoms with Crippen molar-refractivity contribution in [2.45, 2.75) is 0 Å². The van der Waals surface area contributed by atoms with Crippen LogP contribution < -0.4 is 0 Å². The van der Waals surface area contributed by atoms with Gasteiger partial charge in [0.05, 0.1) is 4.47 Å². The summed E-state index contributed by atoms with van der Waals surface area (Å²) in [5.74, 6) is -1.03. The van der Waals surface area contributed by atoms with Gasteiger partial charge in [0.25, 0.3) is 0 Å². The van der Waals surface area contributed by atoms with E-state index in [2.05, 4.69) is 36.8 Å². The molecule has 0 saturated carbocycles. The maximum atomic E-state index is 10.7. The van der Waals surface area contributed by atoms with Crippen LogP contribution in [0.15, 0.2) is 27.4 Å². The van der Waals surface area contributed by atoms with Crippen LogP contribution in [0.4, 0.5) is 0 Å². The average molecular weight is 320 g/mol. The summed E-state index contributed by atoms with van der Waals surface area (Å²) in [5, 5.41) is 8.74. The molecule has 0 saturated heterocycles. The zero-order valence-corrected chi connectivity index (χ0v) is 9.91. The van der Waals surface area contributed by atoms with Gasteiger partial charge in [0.2, 0.25) is 0 Å². The van der Waals surface area contributed by atoms with Crippen LogP contribution in [0.25, 0.3) is 5.65 Å². The van der Waals surface area contributed by atoms with Gasteiger partial charge in [-0.15, -0.1) is 0 Å². The highest BCUT2D eigenvalue weighted by atomic mass is 79.9. The number of halogens is 2. The minimum atomic E-state index is -1.03. The number of imidazole rings is 1. The average Bonchev–Trinajstić information content (AvgIpc) is 2.47. The third-order valence-electron chi connectivity index (χ3n) is 1.69. The summed E-state index contributed by atoms with van der Waals surface area (Å²) in [6.07, 6.45) is 3.22. The van der Waals surface area contributed by atoms with E-state index in [1.54, 1.807) is 10.6 Å². The number of carboxylic acids is 1. The molecule has 4 nitrogen and oxygen atoms in total. The van der Waals surface area contributed by atoms with Crippen LogP contribution in [0, 0.1) is 0 Å². The van der Waals surface area contributed by atoms with Crippen LogP contribution in [0.5, 0.6) is 0 Å². The molecule has 6 heteroatoms. The number of nitrogens with zero attached hydrogens (tertiary/aromatic N) is 2. The third-order valence-corrected chi connectivity index (χ3v) is 2.71. The smallest absolute Gasteiger partial charge is 0.356 e. The van der Waals surface area contributed by atoms with Crippen molar-refractivity contribution in [3.63, 3.8) is 0 Å².